The number of hydrogen-bond donors (Lipinski definition) is 0. The molecule has 0 aliphatic carbocycles. The van der Waals surface area contributed by atoms with Crippen LogP contribution in [0.1, 0.15) is 12.0 Å². The summed E-state index contributed by atoms with van der Waals surface area (Å²) < 4.78 is 0. The highest BCUT2D eigenvalue weighted by Gasteiger charge is 2.43. The Kier molecular flexibility index (Phi) is 5.65. The summed E-state index contributed by atoms with van der Waals surface area (Å²) in [6, 6.07) is 17.7. The van der Waals surface area contributed by atoms with Crippen molar-refractivity contribution >= 4 is 23.2 Å². The van der Waals surface area contributed by atoms with Crippen molar-refractivity contribution in [1.29, 1.82) is 0 Å². The van der Waals surface area contributed by atoms with Crippen LogP contribution in [-0.2, 0) is 16.1 Å². The lowest BCUT2D eigenvalue weighted by atomic mass is 10.1. The maximum Gasteiger partial charge on any atom is 0.251 e. The Hall–Kier alpha value is -2.70. The highest BCUT2D eigenvalue weighted by molar-refractivity contribution is 6.22. The largest absolute Gasteiger partial charge is 0.378 e. The van der Waals surface area contributed by atoms with Crippen molar-refractivity contribution < 1.29 is 9.59 Å². The molecule has 0 saturated carbocycles. The predicted octanol–water partition coefficient (Wildman–Crippen LogP) is 2.20. The van der Waals surface area contributed by atoms with Crippen LogP contribution < -0.4 is 9.80 Å². The molecule has 2 amide bonds. The number of piperazine rings is 1. The van der Waals surface area contributed by atoms with Gasteiger partial charge < -0.3 is 4.90 Å². The van der Waals surface area contributed by atoms with E-state index in [1.165, 1.54) is 10.5 Å². The summed E-state index contributed by atoms with van der Waals surface area (Å²) in [6.45, 7) is 4.36. The molecule has 0 spiro atoms. The average molecular weight is 393 g/mol. The zero-order valence-electron chi connectivity index (χ0n) is 17.1. The van der Waals surface area contributed by atoms with Gasteiger partial charge in [0.15, 0.2) is 0 Å². The molecule has 1 atom stereocenters. The molecule has 29 heavy (non-hydrogen) atoms. The number of imide groups is 1. The SMILES string of the molecule is CN(C)c1ccc(N2C(=O)C[C@H](N3CCN(Cc4ccccc4)CC3)C2=O)cc1. The normalized spacial score (nSPS) is 21.0. The number of anilines is 2. The van der Waals surface area contributed by atoms with E-state index in [0.717, 1.165) is 38.4 Å². The predicted molar refractivity (Wildman–Crippen MR) is 115 cm³/mol. The lowest BCUT2D eigenvalue weighted by Gasteiger charge is -2.37. The number of carbonyl (C=O) groups excluding carboxylic acids is 2. The molecule has 0 N–H and O–H groups in total. The number of hydrogen-bond acceptors (Lipinski definition) is 5. The zero-order chi connectivity index (χ0) is 20.4. The second-order valence-corrected chi connectivity index (χ2v) is 8.00. The van der Waals surface area contributed by atoms with Crippen LogP contribution in [0.4, 0.5) is 11.4 Å². The third kappa shape index (κ3) is 4.18. The summed E-state index contributed by atoms with van der Waals surface area (Å²) in [5, 5.41) is 0. The van der Waals surface area contributed by atoms with E-state index in [1.807, 2.05) is 49.3 Å². The molecule has 2 aromatic carbocycles. The van der Waals surface area contributed by atoms with Crippen LogP contribution >= 0.6 is 0 Å². The Bertz CT molecular complexity index is 858. The summed E-state index contributed by atoms with van der Waals surface area (Å²) in [5.74, 6) is -0.201. The van der Waals surface area contributed by atoms with E-state index in [0.29, 0.717) is 5.69 Å². The number of carbonyl (C=O) groups is 2. The van der Waals surface area contributed by atoms with Gasteiger partial charge in [0.1, 0.15) is 0 Å². The summed E-state index contributed by atoms with van der Waals surface area (Å²) >= 11 is 0. The van der Waals surface area contributed by atoms with E-state index in [9.17, 15) is 9.59 Å². The third-order valence-electron chi connectivity index (χ3n) is 5.84. The van der Waals surface area contributed by atoms with Crippen LogP contribution in [-0.4, -0.2) is 67.9 Å². The molecule has 2 saturated heterocycles. The number of nitrogens with zero attached hydrogens (tertiary/aromatic N) is 4. The van der Waals surface area contributed by atoms with E-state index in [1.54, 1.807) is 0 Å². The Morgan fingerprint density at radius 1 is 0.897 bits per heavy atom. The molecule has 4 rings (SSSR count). The highest BCUT2D eigenvalue weighted by atomic mass is 16.2. The van der Waals surface area contributed by atoms with Gasteiger partial charge in [-0.05, 0) is 29.8 Å². The summed E-state index contributed by atoms with van der Waals surface area (Å²) in [4.78, 5) is 33.6. The van der Waals surface area contributed by atoms with Gasteiger partial charge in [0.25, 0.3) is 5.91 Å². The van der Waals surface area contributed by atoms with E-state index in [4.69, 9.17) is 0 Å². The van der Waals surface area contributed by atoms with E-state index < -0.39 is 0 Å². The van der Waals surface area contributed by atoms with E-state index >= 15 is 0 Å². The van der Waals surface area contributed by atoms with Crippen LogP contribution in [0.25, 0.3) is 0 Å². The van der Waals surface area contributed by atoms with Gasteiger partial charge >= 0.3 is 0 Å². The standard InChI is InChI=1S/C23H28N4O2/c1-24(2)19-8-10-20(11-9-19)27-22(28)16-21(23(27)29)26-14-12-25(13-15-26)17-18-6-4-3-5-7-18/h3-11,21H,12-17H2,1-2H3/t21-/m0/s1. The van der Waals surface area contributed by atoms with Gasteiger partial charge in [-0.15, -0.1) is 0 Å². The number of amides is 2. The molecule has 2 aliphatic rings. The minimum absolute atomic E-state index is 0.0934. The van der Waals surface area contributed by atoms with Gasteiger partial charge in [0.2, 0.25) is 5.91 Å². The highest BCUT2D eigenvalue weighted by Crippen LogP contribution is 2.28. The molecule has 2 fully saturated rings. The minimum atomic E-state index is -0.338. The van der Waals surface area contributed by atoms with Gasteiger partial charge in [-0.25, -0.2) is 4.90 Å². The lowest BCUT2D eigenvalue weighted by Crippen LogP contribution is -2.52. The first-order chi connectivity index (χ1) is 14.0. The third-order valence-corrected chi connectivity index (χ3v) is 5.84. The monoisotopic (exact) mass is 392 g/mol. The molecule has 6 nitrogen and oxygen atoms in total. The first-order valence-corrected chi connectivity index (χ1v) is 10.2. The van der Waals surface area contributed by atoms with Crippen LogP contribution in [0.3, 0.4) is 0 Å². The van der Waals surface area contributed by atoms with Crippen LogP contribution in [0.2, 0.25) is 0 Å². The van der Waals surface area contributed by atoms with Crippen molar-refractivity contribution in [2.45, 2.75) is 19.0 Å². The van der Waals surface area contributed by atoms with Crippen LogP contribution in [0.15, 0.2) is 54.6 Å². The fraction of sp³-hybridized carbons (Fsp3) is 0.391. The van der Waals surface area contributed by atoms with Crippen molar-refractivity contribution in [2.24, 2.45) is 0 Å². The minimum Gasteiger partial charge on any atom is -0.378 e. The fourth-order valence-corrected chi connectivity index (χ4v) is 4.15. The smallest absolute Gasteiger partial charge is 0.251 e. The molecule has 0 radical (unpaired) electrons. The van der Waals surface area contributed by atoms with Gasteiger partial charge in [-0.2, -0.15) is 0 Å². The molecule has 2 heterocycles. The Morgan fingerprint density at radius 2 is 1.55 bits per heavy atom. The van der Waals surface area contributed by atoms with Crippen LogP contribution in [0.5, 0.6) is 0 Å². The van der Waals surface area contributed by atoms with Crippen molar-refractivity contribution in [1.82, 2.24) is 9.80 Å². The second kappa shape index (κ2) is 8.35. The van der Waals surface area contributed by atoms with Crippen molar-refractivity contribution in [3.05, 3.63) is 60.2 Å². The van der Waals surface area contributed by atoms with Crippen molar-refractivity contribution in [2.75, 3.05) is 50.1 Å². The molecular formula is C23H28N4O2. The number of rotatable bonds is 5. The first kappa shape index (κ1) is 19.6. The molecule has 0 bridgehead atoms. The maximum absolute atomic E-state index is 13.0. The van der Waals surface area contributed by atoms with Gasteiger partial charge in [0.05, 0.1) is 18.2 Å². The Morgan fingerprint density at radius 3 is 2.17 bits per heavy atom. The van der Waals surface area contributed by atoms with E-state index in [-0.39, 0.29) is 24.3 Å². The Balaban J connectivity index is 1.38. The van der Waals surface area contributed by atoms with Gasteiger partial charge in [-0.3, -0.25) is 19.4 Å². The average Bonchev–Trinajstić information content (AvgIpc) is 3.03. The first-order valence-electron chi connectivity index (χ1n) is 10.2. The van der Waals surface area contributed by atoms with Gasteiger partial charge in [-0.1, -0.05) is 30.3 Å². The molecule has 0 unspecified atom stereocenters. The lowest BCUT2D eigenvalue weighted by molar-refractivity contribution is -0.123. The molecule has 2 aromatic rings. The molecule has 0 aromatic heterocycles. The Labute approximate surface area is 172 Å². The second-order valence-electron chi connectivity index (χ2n) is 8.00. The fourth-order valence-electron chi connectivity index (χ4n) is 4.15. The van der Waals surface area contributed by atoms with E-state index in [2.05, 4.69) is 34.1 Å². The molecule has 6 heteroatoms. The van der Waals surface area contributed by atoms with Crippen LogP contribution in [0, 0.1) is 0 Å². The topological polar surface area (TPSA) is 47.1 Å². The summed E-state index contributed by atoms with van der Waals surface area (Å²) in [5.41, 5.74) is 3.01. The summed E-state index contributed by atoms with van der Waals surface area (Å²) in [7, 11) is 3.93. The van der Waals surface area contributed by atoms with Gasteiger partial charge in [0, 0.05) is 52.5 Å². The number of benzene rings is 2. The summed E-state index contributed by atoms with van der Waals surface area (Å²) in [6.07, 6.45) is 0.271. The van der Waals surface area contributed by atoms with Crippen molar-refractivity contribution in [3.8, 4) is 0 Å². The zero-order valence-corrected chi connectivity index (χ0v) is 17.1. The molecule has 2 aliphatic heterocycles. The molecular weight excluding hydrogens is 364 g/mol. The quantitative estimate of drug-likeness (QED) is 0.730. The van der Waals surface area contributed by atoms with Crippen molar-refractivity contribution in [3.63, 3.8) is 0 Å². The maximum atomic E-state index is 13.0. The molecule has 152 valence electrons.